The standard InChI is InChI=1S/C27H29Cl3N2O2/c1-2-33-26-14-20(23(29)16-27(26)34-18-19-6-8-21(28)9-7-19)17-31-22-10-11-25(24(30)15-22)32-12-4-3-5-13-32/h6-11,14-16,31H,2-5,12-13,17-18H2,1H3. The Balaban J connectivity index is 1.43. The first-order valence-electron chi connectivity index (χ1n) is 11.6. The van der Waals surface area contributed by atoms with Gasteiger partial charge in [-0.15, -0.1) is 0 Å². The highest BCUT2D eigenvalue weighted by Gasteiger charge is 2.15. The van der Waals surface area contributed by atoms with Crippen molar-refractivity contribution in [1.29, 1.82) is 0 Å². The lowest BCUT2D eigenvalue weighted by Crippen LogP contribution is -2.29. The van der Waals surface area contributed by atoms with Crippen LogP contribution >= 0.6 is 34.8 Å². The Morgan fingerprint density at radius 2 is 1.56 bits per heavy atom. The smallest absolute Gasteiger partial charge is 0.163 e. The summed E-state index contributed by atoms with van der Waals surface area (Å²) in [5.41, 5.74) is 3.98. The summed E-state index contributed by atoms with van der Waals surface area (Å²) in [7, 11) is 0. The van der Waals surface area contributed by atoms with Gasteiger partial charge in [0.1, 0.15) is 6.61 Å². The van der Waals surface area contributed by atoms with Crippen LogP contribution in [0.2, 0.25) is 15.1 Å². The van der Waals surface area contributed by atoms with E-state index >= 15 is 0 Å². The molecule has 0 bridgehead atoms. The van der Waals surface area contributed by atoms with Crippen LogP contribution in [-0.2, 0) is 13.2 Å². The van der Waals surface area contributed by atoms with Crippen LogP contribution in [-0.4, -0.2) is 19.7 Å². The molecule has 0 radical (unpaired) electrons. The molecule has 0 saturated carbocycles. The number of anilines is 2. The van der Waals surface area contributed by atoms with Gasteiger partial charge in [0, 0.05) is 41.4 Å². The van der Waals surface area contributed by atoms with Gasteiger partial charge in [0.2, 0.25) is 0 Å². The number of halogens is 3. The highest BCUT2D eigenvalue weighted by molar-refractivity contribution is 6.33. The molecule has 1 fully saturated rings. The third-order valence-corrected chi connectivity index (χ3v) is 6.75. The molecule has 4 rings (SSSR count). The molecule has 0 amide bonds. The Morgan fingerprint density at radius 3 is 2.26 bits per heavy atom. The van der Waals surface area contributed by atoms with E-state index in [-0.39, 0.29) is 0 Å². The van der Waals surface area contributed by atoms with Crippen LogP contribution in [0.4, 0.5) is 11.4 Å². The largest absolute Gasteiger partial charge is 0.490 e. The summed E-state index contributed by atoms with van der Waals surface area (Å²) in [4.78, 5) is 2.36. The van der Waals surface area contributed by atoms with Crippen molar-refractivity contribution in [2.75, 3.05) is 29.9 Å². The van der Waals surface area contributed by atoms with Gasteiger partial charge >= 0.3 is 0 Å². The van der Waals surface area contributed by atoms with E-state index in [0.717, 1.165) is 40.6 Å². The fourth-order valence-electron chi connectivity index (χ4n) is 4.04. The first-order valence-corrected chi connectivity index (χ1v) is 12.8. The molecule has 0 unspecified atom stereocenters. The van der Waals surface area contributed by atoms with Gasteiger partial charge in [-0.2, -0.15) is 0 Å². The van der Waals surface area contributed by atoms with E-state index in [1.54, 1.807) is 0 Å². The average Bonchev–Trinajstić information content (AvgIpc) is 2.85. The van der Waals surface area contributed by atoms with Gasteiger partial charge in [0.05, 0.1) is 17.3 Å². The second-order valence-corrected chi connectivity index (χ2v) is 9.56. The predicted octanol–water partition coefficient (Wildman–Crippen LogP) is 8.23. The third-order valence-electron chi connectivity index (χ3n) is 5.85. The Kier molecular flexibility index (Phi) is 8.71. The zero-order chi connectivity index (χ0) is 23.9. The summed E-state index contributed by atoms with van der Waals surface area (Å²) in [5.74, 6) is 1.27. The molecule has 180 valence electrons. The van der Waals surface area contributed by atoms with E-state index < -0.39 is 0 Å². The van der Waals surface area contributed by atoms with Gasteiger partial charge < -0.3 is 19.7 Å². The number of nitrogens with zero attached hydrogens (tertiary/aromatic N) is 1. The molecule has 7 heteroatoms. The van der Waals surface area contributed by atoms with E-state index in [1.807, 2.05) is 49.4 Å². The lowest BCUT2D eigenvalue weighted by Gasteiger charge is -2.29. The summed E-state index contributed by atoms with van der Waals surface area (Å²) >= 11 is 19.2. The molecule has 3 aromatic rings. The molecule has 0 spiro atoms. The number of hydrogen-bond donors (Lipinski definition) is 1. The molecule has 0 aromatic heterocycles. The molecule has 1 N–H and O–H groups in total. The minimum atomic E-state index is 0.396. The van der Waals surface area contributed by atoms with Gasteiger partial charge in [-0.1, -0.05) is 46.9 Å². The highest BCUT2D eigenvalue weighted by atomic mass is 35.5. The minimum absolute atomic E-state index is 0.396. The third kappa shape index (κ3) is 6.44. The maximum Gasteiger partial charge on any atom is 0.163 e. The fourth-order valence-corrected chi connectivity index (χ4v) is 4.69. The van der Waals surface area contributed by atoms with Crippen molar-refractivity contribution in [3.63, 3.8) is 0 Å². The van der Waals surface area contributed by atoms with Crippen LogP contribution in [0.3, 0.4) is 0 Å². The van der Waals surface area contributed by atoms with Gasteiger partial charge in [0.15, 0.2) is 11.5 Å². The zero-order valence-electron chi connectivity index (χ0n) is 19.3. The summed E-state index contributed by atoms with van der Waals surface area (Å²) in [5, 5.41) is 5.50. The molecule has 34 heavy (non-hydrogen) atoms. The zero-order valence-corrected chi connectivity index (χ0v) is 21.5. The van der Waals surface area contributed by atoms with Crippen LogP contribution in [0.15, 0.2) is 54.6 Å². The summed E-state index contributed by atoms with van der Waals surface area (Å²) in [6.07, 6.45) is 3.73. The molecule has 1 heterocycles. The van der Waals surface area contributed by atoms with Gasteiger partial charge in [-0.3, -0.25) is 0 Å². The number of rotatable bonds is 9. The topological polar surface area (TPSA) is 33.7 Å². The highest BCUT2D eigenvalue weighted by Crippen LogP contribution is 2.35. The van der Waals surface area contributed by atoms with Crippen molar-refractivity contribution in [3.8, 4) is 11.5 Å². The first kappa shape index (κ1) is 24.8. The molecule has 1 saturated heterocycles. The van der Waals surface area contributed by atoms with Crippen molar-refractivity contribution in [2.24, 2.45) is 0 Å². The molecule has 3 aromatic carbocycles. The fraction of sp³-hybridized carbons (Fsp3) is 0.333. The van der Waals surface area contributed by atoms with E-state index in [2.05, 4.69) is 22.3 Å². The van der Waals surface area contributed by atoms with Gasteiger partial charge in [-0.05, 0) is 73.7 Å². The maximum absolute atomic E-state index is 6.61. The van der Waals surface area contributed by atoms with Crippen LogP contribution < -0.4 is 19.7 Å². The van der Waals surface area contributed by atoms with Crippen LogP contribution in [0.1, 0.15) is 37.3 Å². The molecular formula is C27H29Cl3N2O2. The van der Waals surface area contributed by atoms with Crippen LogP contribution in [0.25, 0.3) is 0 Å². The van der Waals surface area contributed by atoms with Crippen LogP contribution in [0.5, 0.6) is 11.5 Å². The van der Waals surface area contributed by atoms with E-state index in [1.165, 1.54) is 19.3 Å². The minimum Gasteiger partial charge on any atom is -0.490 e. The van der Waals surface area contributed by atoms with Crippen molar-refractivity contribution in [2.45, 2.75) is 39.3 Å². The molecule has 1 aliphatic heterocycles. The molecule has 1 aliphatic rings. The lowest BCUT2D eigenvalue weighted by atomic mass is 10.1. The Labute approximate surface area is 216 Å². The SMILES string of the molecule is CCOc1cc(CNc2ccc(N3CCCCC3)c(Cl)c2)c(Cl)cc1OCc1ccc(Cl)cc1. The average molecular weight is 520 g/mol. The second kappa shape index (κ2) is 11.9. The van der Waals surface area contributed by atoms with Gasteiger partial charge in [0.25, 0.3) is 0 Å². The Bertz CT molecular complexity index is 1100. The van der Waals surface area contributed by atoms with Crippen molar-refractivity contribution in [1.82, 2.24) is 0 Å². The maximum atomic E-state index is 6.61. The van der Waals surface area contributed by atoms with E-state index in [0.29, 0.717) is 41.3 Å². The number of nitrogens with one attached hydrogen (secondary N) is 1. The number of piperidine rings is 1. The lowest BCUT2D eigenvalue weighted by molar-refractivity contribution is 0.269. The first-order chi connectivity index (χ1) is 16.5. The Morgan fingerprint density at radius 1 is 0.824 bits per heavy atom. The summed E-state index contributed by atoms with van der Waals surface area (Å²) in [6, 6.07) is 17.4. The Hall–Kier alpha value is -2.27. The second-order valence-electron chi connectivity index (χ2n) is 8.31. The monoisotopic (exact) mass is 518 g/mol. The molecule has 0 aliphatic carbocycles. The van der Waals surface area contributed by atoms with Crippen molar-refractivity contribution in [3.05, 3.63) is 80.8 Å². The predicted molar refractivity (Wildman–Crippen MR) is 143 cm³/mol. The van der Waals surface area contributed by atoms with Crippen molar-refractivity contribution < 1.29 is 9.47 Å². The van der Waals surface area contributed by atoms with Gasteiger partial charge in [-0.25, -0.2) is 0 Å². The van der Waals surface area contributed by atoms with Crippen molar-refractivity contribution >= 4 is 46.2 Å². The molecule has 4 nitrogen and oxygen atoms in total. The van der Waals surface area contributed by atoms with Crippen LogP contribution in [0, 0.1) is 0 Å². The number of ether oxygens (including phenoxy) is 2. The summed E-state index contributed by atoms with van der Waals surface area (Å²) < 4.78 is 11.8. The van der Waals surface area contributed by atoms with E-state index in [4.69, 9.17) is 44.3 Å². The number of hydrogen-bond acceptors (Lipinski definition) is 4. The molecular weight excluding hydrogens is 491 g/mol. The normalized spacial score (nSPS) is 13.6. The summed E-state index contributed by atoms with van der Waals surface area (Å²) in [6.45, 7) is 5.53. The quantitative estimate of drug-likeness (QED) is 0.309. The number of benzene rings is 3. The van der Waals surface area contributed by atoms with E-state index in [9.17, 15) is 0 Å². The molecule has 0 atom stereocenters.